The maximum Gasteiger partial charge on any atom is 0.309 e. The van der Waals surface area contributed by atoms with Gasteiger partial charge in [-0.3, -0.25) is 9.78 Å². The molecule has 0 saturated carbocycles. The molecule has 0 bridgehead atoms. The predicted octanol–water partition coefficient (Wildman–Crippen LogP) is 8.31. The molecule has 36 heavy (non-hydrogen) atoms. The molecule has 1 aromatic heterocycles. The minimum Gasteiger partial charge on any atom is -0.466 e. The van der Waals surface area contributed by atoms with Crippen molar-refractivity contribution in [2.45, 2.75) is 19.8 Å². The number of nitrogens with zero attached hydrogens (tertiary/aromatic N) is 1. The molecule has 6 rings (SSSR count). The number of para-hydroxylation sites is 1. The van der Waals surface area contributed by atoms with Crippen molar-refractivity contribution >= 4 is 50.8 Å². The summed E-state index contributed by atoms with van der Waals surface area (Å²) >= 11 is 12.5. The minimum absolute atomic E-state index is 0.148. The van der Waals surface area contributed by atoms with Crippen LogP contribution in [0.25, 0.3) is 43.9 Å². The van der Waals surface area contributed by atoms with E-state index in [1.165, 1.54) is 11.1 Å². The van der Waals surface area contributed by atoms with Gasteiger partial charge in [-0.15, -0.1) is 0 Å². The van der Waals surface area contributed by atoms with E-state index < -0.39 is 0 Å². The Kier molecular flexibility index (Phi) is 5.91. The summed E-state index contributed by atoms with van der Waals surface area (Å²) in [6.45, 7) is 2.22. The highest BCUT2D eigenvalue weighted by atomic mass is 35.5. The van der Waals surface area contributed by atoms with Crippen LogP contribution >= 0.6 is 23.2 Å². The third-order valence-electron chi connectivity index (χ3n) is 7.05. The molecule has 0 fully saturated rings. The topological polar surface area (TPSA) is 39.2 Å². The Bertz CT molecular complexity index is 1630. The summed E-state index contributed by atoms with van der Waals surface area (Å²) in [5.74, 6) is -0.377. The number of pyridine rings is 1. The van der Waals surface area contributed by atoms with E-state index in [4.69, 9.17) is 32.9 Å². The van der Waals surface area contributed by atoms with Gasteiger partial charge in [-0.1, -0.05) is 65.7 Å². The molecule has 178 valence electrons. The Morgan fingerprint density at radius 2 is 1.42 bits per heavy atom. The van der Waals surface area contributed by atoms with E-state index in [0.717, 1.165) is 43.9 Å². The van der Waals surface area contributed by atoms with Crippen LogP contribution in [0.2, 0.25) is 10.0 Å². The molecule has 0 radical (unpaired) electrons. The molecule has 1 atom stereocenters. The number of aromatic nitrogens is 1. The quantitative estimate of drug-likeness (QED) is 0.180. The van der Waals surface area contributed by atoms with Gasteiger partial charge in [0.05, 0.1) is 18.0 Å². The lowest BCUT2D eigenvalue weighted by Crippen LogP contribution is -2.17. The van der Waals surface area contributed by atoms with Crippen molar-refractivity contribution in [2.75, 3.05) is 6.61 Å². The molecule has 3 nitrogen and oxygen atoms in total. The highest BCUT2D eigenvalue weighted by Gasteiger charge is 2.34. The van der Waals surface area contributed by atoms with Gasteiger partial charge in [0.25, 0.3) is 0 Å². The summed E-state index contributed by atoms with van der Waals surface area (Å²) in [7, 11) is 0. The second-order valence-electron chi connectivity index (χ2n) is 9.14. The molecule has 0 amide bonds. The van der Waals surface area contributed by atoms with E-state index >= 15 is 0 Å². The SMILES string of the molecule is CCOC(=O)C1Cc2c(c(-c3ccc(Cl)cc3)c3c(cnc4ccccc43)c2-c2ccc(Cl)cc2)C1. The molecule has 4 aromatic carbocycles. The number of halogens is 2. The Morgan fingerprint density at radius 3 is 2.06 bits per heavy atom. The zero-order valence-corrected chi connectivity index (χ0v) is 21.2. The van der Waals surface area contributed by atoms with Crippen LogP contribution in [0.4, 0.5) is 0 Å². The van der Waals surface area contributed by atoms with Crippen molar-refractivity contribution in [1.82, 2.24) is 4.98 Å². The van der Waals surface area contributed by atoms with E-state index in [1.807, 2.05) is 67.7 Å². The number of carbonyl (C=O) groups excluding carboxylic acids is 1. The van der Waals surface area contributed by atoms with Crippen molar-refractivity contribution in [3.63, 3.8) is 0 Å². The molecule has 0 saturated heterocycles. The fourth-order valence-corrected chi connectivity index (χ4v) is 5.79. The predicted molar refractivity (Wildman–Crippen MR) is 148 cm³/mol. The first kappa shape index (κ1) is 23.0. The number of ether oxygens (including phenoxy) is 1. The van der Waals surface area contributed by atoms with Gasteiger partial charge >= 0.3 is 5.97 Å². The van der Waals surface area contributed by atoms with Gasteiger partial charge in [-0.05, 0) is 83.5 Å². The first-order valence-corrected chi connectivity index (χ1v) is 12.8. The molecule has 1 aliphatic carbocycles. The summed E-state index contributed by atoms with van der Waals surface area (Å²) in [5, 5.41) is 4.65. The lowest BCUT2D eigenvalue weighted by Gasteiger charge is -2.20. The maximum absolute atomic E-state index is 12.9. The molecule has 5 aromatic rings. The van der Waals surface area contributed by atoms with Crippen LogP contribution in [0.5, 0.6) is 0 Å². The molecule has 1 heterocycles. The minimum atomic E-state index is -0.229. The van der Waals surface area contributed by atoms with Crippen molar-refractivity contribution in [3.05, 3.63) is 100 Å². The van der Waals surface area contributed by atoms with E-state index in [2.05, 4.69) is 18.2 Å². The van der Waals surface area contributed by atoms with Gasteiger partial charge in [0, 0.05) is 32.4 Å². The number of hydrogen-bond donors (Lipinski definition) is 0. The van der Waals surface area contributed by atoms with Crippen LogP contribution in [0.15, 0.2) is 79.0 Å². The highest BCUT2D eigenvalue weighted by Crippen LogP contribution is 2.48. The summed E-state index contributed by atoms with van der Waals surface area (Å²) in [4.78, 5) is 17.8. The molecule has 0 N–H and O–H groups in total. The van der Waals surface area contributed by atoms with Gasteiger partial charge in [0.15, 0.2) is 0 Å². The van der Waals surface area contributed by atoms with Gasteiger partial charge in [-0.2, -0.15) is 0 Å². The lowest BCUT2D eigenvalue weighted by molar-refractivity contribution is -0.147. The Morgan fingerprint density at radius 1 is 0.833 bits per heavy atom. The lowest BCUT2D eigenvalue weighted by atomic mass is 9.84. The van der Waals surface area contributed by atoms with E-state index in [-0.39, 0.29) is 11.9 Å². The number of carbonyl (C=O) groups is 1. The van der Waals surface area contributed by atoms with Crippen LogP contribution in [0.3, 0.4) is 0 Å². The monoisotopic (exact) mass is 511 g/mol. The fourth-order valence-electron chi connectivity index (χ4n) is 5.54. The largest absolute Gasteiger partial charge is 0.466 e. The van der Waals surface area contributed by atoms with Crippen LogP contribution in [-0.2, 0) is 22.4 Å². The average Bonchev–Trinajstić information content (AvgIpc) is 3.34. The zero-order valence-electron chi connectivity index (χ0n) is 19.7. The van der Waals surface area contributed by atoms with Crippen molar-refractivity contribution in [3.8, 4) is 22.3 Å². The van der Waals surface area contributed by atoms with Crippen LogP contribution in [0.1, 0.15) is 18.1 Å². The molecule has 5 heteroatoms. The molecule has 0 aliphatic heterocycles. The molecular weight excluding hydrogens is 489 g/mol. The normalized spacial score (nSPS) is 14.8. The Balaban J connectivity index is 1.75. The number of benzene rings is 4. The third-order valence-corrected chi connectivity index (χ3v) is 7.55. The van der Waals surface area contributed by atoms with Gasteiger partial charge in [-0.25, -0.2) is 0 Å². The van der Waals surface area contributed by atoms with Gasteiger partial charge < -0.3 is 4.74 Å². The zero-order chi connectivity index (χ0) is 24.8. The van der Waals surface area contributed by atoms with Gasteiger partial charge in [0.1, 0.15) is 0 Å². The molecule has 1 unspecified atom stereocenters. The molecule has 0 spiro atoms. The van der Waals surface area contributed by atoms with Crippen molar-refractivity contribution < 1.29 is 9.53 Å². The van der Waals surface area contributed by atoms with Crippen LogP contribution in [-0.4, -0.2) is 17.6 Å². The summed E-state index contributed by atoms with van der Waals surface area (Å²) in [6, 6.07) is 24.1. The Hall–Kier alpha value is -3.40. The number of fused-ring (bicyclic) bond motifs is 4. The van der Waals surface area contributed by atoms with Crippen LogP contribution in [0, 0.1) is 5.92 Å². The maximum atomic E-state index is 12.9. The number of esters is 1. The highest BCUT2D eigenvalue weighted by molar-refractivity contribution is 6.31. The number of hydrogen-bond acceptors (Lipinski definition) is 3. The third kappa shape index (κ3) is 3.84. The fraction of sp³-hybridized carbons (Fsp3) is 0.161. The van der Waals surface area contributed by atoms with E-state index in [9.17, 15) is 4.79 Å². The second-order valence-corrected chi connectivity index (χ2v) is 10.0. The summed E-state index contributed by atoms with van der Waals surface area (Å²) in [6.07, 6.45) is 3.22. The average molecular weight is 512 g/mol. The first-order valence-electron chi connectivity index (χ1n) is 12.1. The van der Waals surface area contributed by atoms with E-state index in [1.54, 1.807) is 0 Å². The molecule has 1 aliphatic rings. The smallest absolute Gasteiger partial charge is 0.309 e. The summed E-state index contributed by atoms with van der Waals surface area (Å²) in [5.41, 5.74) is 7.67. The standard InChI is InChI=1S/C31H23Cl2NO2/c1-2-36-31(35)20-15-24-25(16-20)29(19-9-13-22(33)14-10-19)30-23-5-3-4-6-27(23)34-17-26(30)28(24)18-7-11-21(32)12-8-18/h3-14,17,20H,2,15-16H2,1H3. The summed E-state index contributed by atoms with van der Waals surface area (Å²) < 4.78 is 5.46. The van der Waals surface area contributed by atoms with Crippen molar-refractivity contribution in [2.24, 2.45) is 5.92 Å². The molecular formula is C31H23Cl2NO2. The van der Waals surface area contributed by atoms with Crippen molar-refractivity contribution in [1.29, 1.82) is 0 Å². The second kappa shape index (κ2) is 9.24. The van der Waals surface area contributed by atoms with E-state index in [0.29, 0.717) is 29.5 Å². The van der Waals surface area contributed by atoms with Crippen LogP contribution < -0.4 is 0 Å². The first-order chi connectivity index (χ1) is 17.5. The number of rotatable bonds is 4. The Labute approximate surface area is 219 Å². The van der Waals surface area contributed by atoms with Gasteiger partial charge in [0.2, 0.25) is 0 Å².